The van der Waals surface area contributed by atoms with Gasteiger partial charge in [-0.2, -0.15) is 0 Å². The average molecular weight is 2050 g/mol. The van der Waals surface area contributed by atoms with Crippen LogP contribution in [-0.4, -0.2) is 84.0 Å². The monoisotopic (exact) mass is 2050 g/mol. The van der Waals surface area contributed by atoms with Gasteiger partial charge in [0.15, 0.2) is 16.6 Å². The molecular formula is C126H314O5Si5. The maximum Gasteiger partial charge on any atom is 0.331 e. The normalized spacial score (nSPS) is 7.68. The SMILES string of the molecule is C.C.C.C.C.C.C.C.C.C.C.C.C.C.C.C.C.C.C.C.C.C.C.C.C.C.C.C.CC#CC.CC(C)(C)C.CC(C)=C(C)C.CC(C)=C(C)C.CC(C)C.CC=C(C)C.CC=CC.CCC.CCC(C)C.CCC(C)C.CC[Si](C)(C)C.COC.CO[Si](C)(C)C.CO[Si](C)(C)C.CO[Si](C)(C)OC.C[Si](C)(C)C.Cc1ccc(C)cc1.Cc1ccc2cc(C)ccc2c1.Cc1cccc(C)c1. The second-order valence-electron chi connectivity index (χ2n) is 36.0. The van der Waals surface area contributed by atoms with Gasteiger partial charge in [0.1, 0.15) is 0 Å². The van der Waals surface area contributed by atoms with Crippen LogP contribution in [0.25, 0.3) is 10.8 Å². The van der Waals surface area contributed by atoms with Gasteiger partial charge < -0.3 is 22.4 Å². The summed E-state index contributed by atoms with van der Waals surface area (Å²) in [6.07, 6.45) is 9.94. The van der Waals surface area contributed by atoms with Gasteiger partial charge in [-0.3, -0.25) is 0 Å². The largest absolute Gasteiger partial charge is 0.421 e. The van der Waals surface area contributed by atoms with E-state index in [-0.39, 0.29) is 208 Å². The summed E-state index contributed by atoms with van der Waals surface area (Å²) in [6.45, 7) is 112. The van der Waals surface area contributed by atoms with Crippen LogP contribution in [0.5, 0.6) is 0 Å². The summed E-state index contributed by atoms with van der Waals surface area (Å²) < 4.78 is 24.4. The van der Waals surface area contributed by atoms with Gasteiger partial charge in [0.25, 0.3) is 0 Å². The minimum Gasteiger partial charge on any atom is -0.421 e. The molecule has 0 fully saturated rings. The van der Waals surface area contributed by atoms with Gasteiger partial charge in [0, 0.05) is 58.8 Å². The van der Waals surface area contributed by atoms with E-state index in [0.717, 1.165) is 17.8 Å². The number of methoxy groups -OCH3 is 1. The van der Waals surface area contributed by atoms with Gasteiger partial charge in [-0.25, -0.2) is 0 Å². The number of hydrogen-bond acceptors (Lipinski definition) is 5. The van der Waals surface area contributed by atoms with E-state index in [1.165, 1.54) is 97.3 Å². The lowest BCUT2D eigenvalue weighted by Gasteiger charge is -2.15. The quantitative estimate of drug-likeness (QED) is 0.105. The lowest BCUT2D eigenvalue weighted by atomic mass is 10.0. The topological polar surface area (TPSA) is 46.2 Å². The van der Waals surface area contributed by atoms with Crippen LogP contribution in [-0.2, 0) is 22.4 Å². The minimum absolute atomic E-state index is 0. The number of benzene rings is 4. The molecule has 5 nitrogen and oxygen atoms in total. The molecule has 4 aromatic carbocycles. The third kappa shape index (κ3) is 453. The van der Waals surface area contributed by atoms with Crippen molar-refractivity contribution >= 4 is 52.1 Å². The van der Waals surface area contributed by atoms with Gasteiger partial charge in [-0.05, 0) is 232 Å². The molecule has 0 unspecified atom stereocenters. The zero-order valence-electron chi connectivity index (χ0n) is 84.9. The first-order chi connectivity index (χ1) is 48.6. The Balaban J connectivity index is -0.0000000163. The Morgan fingerprint density at radius 2 is 0.449 bits per heavy atom. The second-order valence-corrected chi connectivity index (χ2v) is 60.7. The van der Waals surface area contributed by atoms with Crippen molar-refractivity contribution < 1.29 is 22.4 Å². The van der Waals surface area contributed by atoms with Crippen molar-refractivity contribution in [2.24, 2.45) is 23.2 Å². The molecule has 0 atom stereocenters. The fourth-order valence-electron chi connectivity index (χ4n) is 3.01. The molecule has 0 radical (unpaired) electrons. The summed E-state index contributed by atoms with van der Waals surface area (Å²) in [5.74, 6) is 7.96. The molecule has 0 spiro atoms. The Morgan fingerprint density at radius 1 is 0.316 bits per heavy atom. The summed E-state index contributed by atoms with van der Waals surface area (Å²) in [5.41, 5.74) is 15.6. The van der Waals surface area contributed by atoms with Crippen LogP contribution >= 0.6 is 0 Å². The first-order valence-electron chi connectivity index (χ1n) is 40.5. The molecule has 0 aromatic heterocycles. The van der Waals surface area contributed by atoms with Gasteiger partial charge >= 0.3 is 8.56 Å². The standard InChI is InChI=1S/C12H12.2C8H10.2C6H12.C5H14Si.3C5H12.C5H10.C4H12O2Si.2C4H12OSi.C4H12Si.C4H10.C4H8.C4H6.C3H8.C2H6O.28CH4/c1-9-3-5-12-8-10(2)4-6-11(12)7-9;1-7-3-5-8(2)6-4-7;1-7-4-3-5-8(2)6-7;2*1-5(2)6(3)4;1-5-6(2,3)4;1-5(2,3)4;3*1-4-5(2)3;1-5-7(3,4)6-2;2*1-5-6(2,3)4;1-5(2,3)4;1-4(2)3;2*1-3-4-2;2*1-3-2;;;;;;;;;;;;;;;;;;;;;;;;;;;;/h3-8H,1-2H3;2*3-6H,1-2H3;2*1-4H3;5H2,1-4H3;1-4H3;2*5H,4H2,1-3H3;4H,1-3H3;1-4H3;2*1-4H3;1-4H3;4H,1-3H3;3-4H,1-2H3;1-2H3;3H2,1-2H3;1-2H3;28*1H4. The molecule has 136 heavy (non-hydrogen) atoms. The molecule has 0 bridgehead atoms. The zero-order chi connectivity index (χ0) is 90.0. The molecule has 0 aliphatic rings. The van der Waals surface area contributed by atoms with Gasteiger partial charge in [-0.1, -0.05) is 554 Å². The highest BCUT2D eigenvalue weighted by atomic mass is 28.4. The van der Waals surface area contributed by atoms with E-state index in [1.54, 1.807) is 42.7 Å². The minimum atomic E-state index is -1.65. The summed E-state index contributed by atoms with van der Waals surface area (Å²) >= 11 is 0. The van der Waals surface area contributed by atoms with E-state index >= 15 is 0 Å². The highest BCUT2D eigenvalue weighted by Gasteiger charge is 2.19. The molecular weight excluding hydrogens is 1730 g/mol. The Kier molecular flexibility index (Phi) is 400. The zero-order valence-corrected chi connectivity index (χ0v) is 89.9. The van der Waals surface area contributed by atoms with Crippen molar-refractivity contribution in [3.8, 4) is 11.8 Å². The molecule has 0 saturated heterocycles. The van der Waals surface area contributed by atoms with Crippen molar-refractivity contribution in [1.29, 1.82) is 0 Å². The molecule has 4 aromatic rings. The van der Waals surface area contributed by atoms with Crippen molar-refractivity contribution in [1.82, 2.24) is 0 Å². The van der Waals surface area contributed by atoms with Crippen molar-refractivity contribution in [3.05, 3.63) is 164 Å². The van der Waals surface area contributed by atoms with Gasteiger partial charge in [0.05, 0.1) is 0 Å². The molecule has 868 valence electrons. The molecule has 10 heteroatoms. The molecule has 0 saturated carbocycles. The molecule has 0 heterocycles. The van der Waals surface area contributed by atoms with E-state index in [1.807, 2.05) is 59.9 Å². The number of allylic oxidation sites excluding steroid dienone is 8. The predicted molar refractivity (Wildman–Crippen MR) is 718 cm³/mol. The van der Waals surface area contributed by atoms with Gasteiger partial charge in [0.2, 0.25) is 0 Å². The van der Waals surface area contributed by atoms with Crippen LogP contribution in [0.15, 0.2) is 131 Å². The molecule has 0 aliphatic carbocycles. The van der Waals surface area contributed by atoms with Crippen LogP contribution in [0.4, 0.5) is 0 Å². The fourth-order valence-corrected chi connectivity index (χ4v) is 3.18. The third-order valence-corrected chi connectivity index (χ3v) is 19.1. The third-order valence-electron chi connectivity index (χ3n) is 12.6. The predicted octanol–water partition coefficient (Wildman–Crippen LogP) is 52.9. The van der Waals surface area contributed by atoms with E-state index in [4.69, 9.17) is 17.7 Å². The maximum absolute atomic E-state index is 5.08. The average Bonchev–Trinajstić information content (AvgIpc) is 0.840. The van der Waals surface area contributed by atoms with E-state index in [9.17, 15) is 0 Å². The molecule has 4 rings (SSSR count). The summed E-state index contributed by atoms with van der Waals surface area (Å²) in [6, 6.07) is 31.4. The lowest BCUT2D eigenvalue weighted by molar-refractivity contribution is 0.258. The Bertz CT molecular complexity index is 2410. The number of fused-ring (bicyclic) bond motifs is 1. The van der Waals surface area contributed by atoms with Gasteiger partial charge in [-0.15, -0.1) is 11.8 Å². The van der Waals surface area contributed by atoms with Crippen LogP contribution < -0.4 is 0 Å². The van der Waals surface area contributed by atoms with Crippen LogP contribution in [0.2, 0.25) is 104 Å². The van der Waals surface area contributed by atoms with Crippen LogP contribution in [0.1, 0.15) is 475 Å². The smallest absolute Gasteiger partial charge is 0.331 e. The molecule has 0 amide bonds. The number of aryl methyl sites for hydroxylation is 6. The number of ether oxygens (including phenoxy) is 1. The lowest BCUT2D eigenvalue weighted by Crippen LogP contribution is -2.31. The Morgan fingerprint density at radius 3 is 0.515 bits per heavy atom. The van der Waals surface area contributed by atoms with E-state index in [0.29, 0.717) is 5.41 Å². The number of hydrogen-bond donors (Lipinski definition) is 0. The summed E-state index contributed by atoms with van der Waals surface area (Å²) in [5, 5.41) is 2.67. The molecule has 0 aliphatic heterocycles. The first kappa shape index (κ1) is 286. The van der Waals surface area contributed by atoms with Crippen LogP contribution in [0, 0.1) is 76.6 Å². The summed E-state index contributed by atoms with van der Waals surface area (Å²) in [4.78, 5) is 0. The second kappa shape index (κ2) is 190. The molecule has 0 N–H and O–H groups in total. The number of rotatable bonds is 7. The van der Waals surface area contributed by atoms with E-state index in [2.05, 4.69) is 414 Å². The highest BCUT2D eigenvalue weighted by molar-refractivity contribution is 6.76. The van der Waals surface area contributed by atoms with Crippen molar-refractivity contribution in [2.75, 3.05) is 42.7 Å². The Labute approximate surface area is 898 Å². The first-order valence-corrected chi connectivity index (χ1v) is 57.8. The van der Waals surface area contributed by atoms with E-state index < -0.39 is 41.3 Å². The highest BCUT2D eigenvalue weighted by Crippen LogP contribution is 2.17. The maximum atomic E-state index is 5.08. The van der Waals surface area contributed by atoms with Crippen molar-refractivity contribution in [2.45, 2.75) is 588 Å². The van der Waals surface area contributed by atoms with Crippen molar-refractivity contribution in [3.63, 3.8) is 0 Å². The summed E-state index contributed by atoms with van der Waals surface area (Å²) in [7, 11) is 4.99. The fraction of sp³-hybridized carbons (Fsp3) is 0.746. The Hall–Kier alpha value is -3.46. The van der Waals surface area contributed by atoms with Crippen LogP contribution in [0.3, 0.4) is 0 Å².